The van der Waals surface area contributed by atoms with Crippen LogP contribution in [0.3, 0.4) is 0 Å². The van der Waals surface area contributed by atoms with Gasteiger partial charge in [0.2, 0.25) is 11.8 Å². The number of carbonyl (C=O) groups is 1. The third-order valence-electron chi connectivity index (χ3n) is 5.24. The van der Waals surface area contributed by atoms with Crippen molar-refractivity contribution in [2.45, 2.75) is 31.6 Å². The van der Waals surface area contributed by atoms with Crippen molar-refractivity contribution < 1.29 is 18.1 Å². The average molecular weight is 426 g/mol. The Labute approximate surface area is 173 Å². The predicted octanol–water partition coefficient (Wildman–Crippen LogP) is 2.94. The Bertz CT molecular complexity index is 1360. The van der Waals surface area contributed by atoms with E-state index in [-0.39, 0.29) is 24.7 Å². The number of nitrogens with one attached hydrogen (secondary N) is 1. The zero-order chi connectivity index (χ0) is 21.8. The molecule has 4 aromatic rings. The number of halogens is 2. The summed E-state index contributed by atoms with van der Waals surface area (Å²) in [6.45, 7) is 1.67. The largest absolute Gasteiger partial charge is 0.337 e. The molecule has 1 aliphatic carbocycles. The summed E-state index contributed by atoms with van der Waals surface area (Å²) < 4.78 is 34.0. The fourth-order valence-corrected chi connectivity index (χ4v) is 3.53. The van der Waals surface area contributed by atoms with E-state index in [2.05, 4.69) is 20.4 Å². The summed E-state index contributed by atoms with van der Waals surface area (Å²) in [5.74, 6) is -3.70. The molecular formula is C20H16F2N6O3. The van der Waals surface area contributed by atoms with E-state index in [0.717, 1.165) is 4.57 Å². The van der Waals surface area contributed by atoms with Crippen LogP contribution in [0.25, 0.3) is 11.6 Å². The number of carbonyl (C=O) groups excluding carboxylic acids is 1. The van der Waals surface area contributed by atoms with Crippen LogP contribution in [0.2, 0.25) is 0 Å². The Morgan fingerprint density at radius 2 is 2.13 bits per heavy atom. The van der Waals surface area contributed by atoms with Crippen LogP contribution in [-0.4, -0.2) is 35.9 Å². The molecule has 4 aromatic heterocycles. The predicted molar refractivity (Wildman–Crippen MR) is 105 cm³/mol. The van der Waals surface area contributed by atoms with Gasteiger partial charge >= 0.3 is 0 Å². The number of amides is 1. The number of pyridine rings is 2. The third-order valence-corrected chi connectivity index (χ3v) is 5.24. The Kier molecular flexibility index (Phi) is 4.20. The number of anilines is 1. The van der Waals surface area contributed by atoms with Crippen LogP contribution < -0.4 is 10.9 Å². The molecule has 9 nitrogen and oxygen atoms in total. The van der Waals surface area contributed by atoms with Crippen LogP contribution >= 0.6 is 0 Å². The van der Waals surface area contributed by atoms with Crippen LogP contribution in [0.4, 0.5) is 14.5 Å². The second-order valence-corrected chi connectivity index (χ2v) is 7.50. The smallest absolute Gasteiger partial charge is 0.277 e. The topological polar surface area (TPSA) is 107 Å². The molecule has 0 unspecified atom stereocenters. The minimum Gasteiger partial charge on any atom is -0.337 e. The molecule has 0 aromatic carbocycles. The standard InChI is InChI=1S/C20H16F2N6O3/c1-11-6-16(29)28(19-25-18(31-26-19)12-7-20(21,22)8-12)10-13(11)24-17(30)14-9-23-15-4-2-3-5-27(14)15/h2-6,9-10,12H,7-8H2,1H3,(H,24,30). The van der Waals surface area contributed by atoms with Gasteiger partial charge in [-0.2, -0.15) is 4.98 Å². The van der Waals surface area contributed by atoms with Crippen molar-refractivity contribution in [3.05, 3.63) is 70.4 Å². The van der Waals surface area contributed by atoms with Crippen LogP contribution in [0, 0.1) is 6.92 Å². The quantitative estimate of drug-likeness (QED) is 0.538. The second kappa shape index (κ2) is 6.83. The van der Waals surface area contributed by atoms with Gasteiger partial charge in [-0.25, -0.2) is 18.3 Å². The summed E-state index contributed by atoms with van der Waals surface area (Å²) in [5, 5.41) is 6.50. The number of aromatic nitrogens is 5. The lowest BCUT2D eigenvalue weighted by Crippen LogP contribution is -2.33. The molecule has 1 fully saturated rings. The molecule has 1 amide bonds. The lowest BCUT2D eigenvalue weighted by atomic mass is 9.81. The fraction of sp³-hybridized carbons (Fsp3) is 0.250. The molecule has 11 heteroatoms. The van der Waals surface area contributed by atoms with Gasteiger partial charge in [-0.3, -0.25) is 14.0 Å². The lowest BCUT2D eigenvalue weighted by Gasteiger charge is -2.31. The molecule has 0 aliphatic heterocycles. The maximum absolute atomic E-state index is 13.1. The van der Waals surface area contributed by atoms with Crippen molar-refractivity contribution in [2.24, 2.45) is 0 Å². The third kappa shape index (κ3) is 3.37. The van der Waals surface area contributed by atoms with Crippen LogP contribution in [0.1, 0.15) is 40.7 Å². The first kappa shape index (κ1) is 19.1. The Morgan fingerprint density at radius 1 is 1.32 bits per heavy atom. The highest BCUT2D eigenvalue weighted by atomic mass is 19.3. The zero-order valence-corrected chi connectivity index (χ0v) is 16.2. The van der Waals surface area contributed by atoms with E-state index < -0.39 is 23.3 Å². The Morgan fingerprint density at radius 3 is 2.90 bits per heavy atom. The van der Waals surface area contributed by atoms with Gasteiger partial charge in [0.25, 0.3) is 17.4 Å². The first-order valence-corrected chi connectivity index (χ1v) is 9.49. The molecule has 1 aliphatic rings. The second-order valence-electron chi connectivity index (χ2n) is 7.50. The highest BCUT2D eigenvalue weighted by molar-refractivity contribution is 6.03. The van der Waals surface area contributed by atoms with Gasteiger partial charge in [-0.15, -0.1) is 0 Å². The number of fused-ring (bicyclic) bond motifs is 1. The normalized spacial score (nSPS) is 15.7. The van der Waals surface area contributed by atoms with E-state index in [1.54, 1.807) is 29.7 Å². The van der Waals surface area contributed by atoms with Crippen LogP contribution in [0.5, 0.6) is 0 Å². The van der Waals surface area contributed by atoms with Gasteiger partial charge in [0.05, 0.1) is 11.9 Å². The molecule has 158 valence electrons. The molecule has 0 saturated heterocycles. The van der Waals surface area contributed by atoms with Crippen molar-refractivity contribution >= 4 is 17.2 Å². The van der Waals surface area contributed by atoms with E-state index in [0.29, 0.717) is 22.6 Å². The van der Waals surface area contributed by atoms with Gasteiger partial charge in [-0.1, -0.05) is 6.07 Å². The monoisotopic (exact) mass is 426 g/mol. The molecule has 0 radical (unpaired) electrons. The summed E-state index contributed by atoms with van der Waals surface area (Å²) in [6.07, 6.45) is 3.82. The number of alkyl halides is 2. The van der Waals surface area contributed by atoms with Crippen molar-refractivity contribution in [1.82, 2.24) is 24.1 Å². The lowest BCUT2D eigenvalue weighted by molar-refractivity contribution is -0.0925. The Balaban J connectivity index is 1.43. The number of rotatable bonds is 4. The minimum absolute atomic E-state index is 0.0599. The van der Waals surface area contributed by atoms with Gasteiger partial charge in [-0.05, 0) is 29.8 Å². The van der Waals surface area contributed by atoms with E-state index in [1.807, 2.05) is 6.07 Å². The van der Waals surface area contributed by atoms with E-state index in [4.69, 9.17) is 4.52 Å². The van der Waals surface area contributed by atoms with Gasteiger partial charge in [0.15, 0.2) is 0 Å². The summed E-state index contributed by atoms with van der Waals surface area (Å²) in [6, 6.07) is 6.68. The van der Waals surface area contributed by atoms with Crippen LogP contribution in [-0.2, 0) is 0 Å². The molecule has 31 heavy (non-hydrogen) atoms. The fourth-order valence-electron chi connectivity index (χ4n) is 3.53. The maximum Gasteiger partial charge on any atom is 0.277 e. The van der Waals surface area contributed by atoms with Crippen molar-refractivity contribution in [3.63, 3.8) is 0 Å². The molecule has 1 N–H and O–H groups in total. The highest BCUT2D eigenvalue weighted by Crippen LogP contribution is 2.47. The zero-order valence-electron chi connectivity index (χ0n) is 16.2. The summed E-state index contributed by atoms with van der Waals surface area (Å²) >= 11 is 0. The van der Waals surface area contributed by atoms with Crippen molar-refractivity contribution in [3.8, 4) is 5.95 Å². The molecule has 0 bridgehead atoms. The van der Waals surface area contributed by atoms with Crippen molar-refractivity contribution in [2.75, 3.05) is 5.32 Å². The number of aryl methyl sites for hydroxylation is 1. The van der Waals surface area contributed by atoms with Crippen molar-refractivity contribution in [1.29, 1.82) is 0 Å². The minimum atomic E-state index is -2.73. The number of hydrogen-bond acceptors (Lipinski definition) is 6. The summed E-state index contributed by atoms with van der Waals surface area (Å²) in [4.78, 5) is 33.5. The maximum atomic E-state index is 13.1. The number of imidazole rings is 1. The van der Waals surface area contributed by atoms with E-state index >= 15 is 0 Å². The Hall–Kier alpha value is -3.89. The first-order valence-electron chi connectivity index (χ1n) is 9.49. The van der Waals surface area contributed by atoms with Gasteiger partial charge in [0.1, 0.15) is 11.3 Å². The molecule has 5 rings (SSSR count). The average Bonchev–Trinajstić information content (AvgIpc) is 3.35. The molecular weight excluding hydrogens is 410 g/mol. The van der Waals surface area contributed by atoms with E-state index in [9.17, 15) is 18.4 Å². The summed E-state index contributed by atoms with van der Waals surface area (Å²) in [5.41, 5.74) is 1.38. The number of nitrogens with zero attached hydrogens (tertiary/aromatic N) is 5. The molecule has 4 heterocycles. The molecule has 1 saturated carbocycles. The van der Waals surface area contributed by atoms with Gasteiger partial charge in [0, 0.05) is 37.2 Å². The highest BCUT2D eigenvalue weighted by Gasteiger charge is 2.48. The first-order chi connectivity index (χ1) is 14.8. The van der Waals surface area contributed by atoms with Gasteiger partial charge < -0.3 is 9.84 Å². The molecule has 0 atom stereocenters. The number of hydrogen-bond donors (Lipinski definition) is 1. The molecule has 0 spiro atoms. The van der Waals surface area contributed by atoms with Crippen LogP contribution in [0.15, 0.2) is 52.2 Å². The summed E-state index contributed by atoms with van der Waals surface area (Å²) in [7, 11) is 0. The SMILES string of the molecule is Cc1cc(=O)n(-c2noc(C3CC(F)(F)C3)n2)cc1NC(=O)c1cnc2ccccn12. The van der Waals surface area contributed by atoms with E-state index in [1.165, 1.54) is 18.5 Å².